The fraction of sp³-hybridized carbons (Fsp3) is 0.348. The van der Waals surface area contributed by atoms with Crippen LogP contribution in [0.15, 0.2) is 48.5 Å². The summed E-state index contributed by atoms with van der Waals surface area (Å²) < 4.78 is 17.9. The number of fused-ring (bicyclic) bond motifs is 3. The number of aromatic nitrogens is 2. The van der Waals surface area contributed by atoms with E-state index < -0.39 is 17.9 Å². The molecule has 0 bridgehead atoms. The second kappa shape index (κ2) is 8.77. The van der Waals surface area contributed by atoms with Crippen LogP contribution in [0.2, 0.25) is 0 Å². The summed E-state index contributed by atoms with van der Waals surface area (Å²) in [4.78, 5) is 32.9. The van der Waals surface area contributed by atoms with Crippen molar-refractivity contribution < 1.29 is 23.8 Å². The molecule has 0 spiro atoms. The van der Waals surface area contributed by atoms with Gasteiger partial charge in [0.1, 0.15) is 5.75 Å². The summed E-state index contributed by atoms with van der Waals surface area (Å²) >= 11 is 0. The number of nitrogens with zero attached hydrogens (tertiary/aromatic N) is 3. The molecule has 0 radical (unpaired) electrons. The molecule has 0 fully saturated rings. The maximum Gasteiger partial charge on any atom is 0.321 e. The molecule has 162 valence electrons. The molecule has 1 amide bonds. The number of imidazole rings is 1. The van der Waals surface area contributed by atoms with Crippen LogP contribution in [0.3, 0.4) is 0 Å². The molecule has 1 aliphatic heterocycles. The summed E-state index contributed by atoms with van der Waals surface area (Å²) in [6.45, 7) is 2.50. The van der Waals surface area contributed by atoms with Crippen LogP contribution in [-0.2, 0) is 19.1 Å². The largest absolute Gasteiger partial charge is 0.497 e. The Morgan fingerprint density at radius 2 is 1.94 bits per heavy atom. The van der Waals surface area contributed by atoms with E-state index in [4.69, 9.17) is 19.2 Å². The Labute approximate surface area is 180 Å². The smallest absolute Gasteiger partial charge is 0.321 e. The van der Waals surface area contributed by atoms with E-state index in [9.17, 15) is 9.59 Å². The van der Waals surface area contributed by atoms with E-state index in [2.05, 4.69) is 0 Å². The second-order valence-electron chi connectivity index (χ2n) is 7.20. The molecular weight excluding hydrogens is 398 g/mol. The molecular formula is C23H25N3O5. The zero-order valence-electron chi connectivity index (χ0n) is 17.8. The molecule has 8 heteroatoms. The summed E-state index contributed by atoms with van der Waals surface area (Å²) in [6, 6.07) is 14.4. The van der Waals surface area contributed by atoms with Crippen molar-refractivity contribution in [2.75, 3.05) is 38.9 Å². The Morgan fingerprint density at radius 3 is 2.68 bits per heavy atom. The number of para-hydroxylation sites is 2. The van der Waals surface area contributed by atoms with Gasteiger partial charge in [0.25, 0.3) is 0 Å². The van der Waals surface area contributed by atoms with Crippen molar-refractivity contribution in [2.24, 2.45) is 5.92 Å². The third-order valence-electron chi connectivity index (χ3n) is 5.44. The molecule has 31 heavy (non-hydrogen) atoms. The van der Waals surface area contributed by atoms with Crippen molar-refractivity contribution in [3.63, 3.8) is 0 Å². The first kappa shape index (κ1) is 20.9. The van der Waals surface area contributed by atoms with Gasteiger partial charge in [-0.3, -0.25) is 14.5 Å². The van der Waals surface area contributed by atoms with Gasteiger partial charge in [-0.05, 0) is 36.8 Å². The van der Waals surface area contributed by atoms with Gasteiger partial charge in [-0.1, -0.05) is 24.3 Å². The quantitative estimate of drug-likeness (QED) is 0.429. The molecule has 0 saturated carbocycles. The lowest BCUT2D eigenvalue weighted by Crippen LogP contribution is -2.51. The maximum atomic E-state index is 13.6. The summed E-state index contributed by atoms with van der Waals surface area (Å²) in [7, 11) is 3.15. The molecule has 0 N–H and O–H groups in total. The molecule has 8 nitrogen and oxygen atoms in total. The summed E-state index contributed by atoms with van der Waals surface area (Å²) in [5, 5.41) is 0. The molecule has 0 unspecified atom stereocenters. The highest BCUT2D eigenvalue weighted by Gasteiger charge is 2.47. The van der Waals surface area contributed by atoms with Gasteiger partial charge in [0.2, 0.25) is 11.9 Å². The Hall–Kier alpha value is -3.39. The molecule has 4 rings (SSSR count). The van der Waals surface area contributed by atoms with Gasteiger partial charge >= 0.3 is 5.97 Å². The van der Waals surface area contributed by atoms with Crippen LogP contribution in [0.25, 0.3) is 11.0 Å². The van der Waals surface area contributed by atoms with Crippen molar-refractivity contribution in [1.82, 2.24) is 9.55 Å². The number of hydrogen-bond acceptors (Lipinski definition) is 6. The normalized spacial score (nSPS) is 18.2. The Balaban J connectivity index is 1.98. The number of amides is 1. The SMILES string of the molecule is CCOC(=O)[C@H]1C(=O)N(CCOC)c2nc3ccccc3n2[C@H]1c1cccc(OC)c1. The number of anilines is 1. The first-order valence-corrected chi connectivity index (χ1v) is 10.2. The second-order valence-corrected chi connectivity index (χ2v) is 7.20. The van der Waals surface area contributed by atoms with E-state index in [1.165, 1.54) is 4.90 Å². The molecule has 3 aromatic rings. The lowest BCUT2D eigenvalue weighted by Gasteiger charge is -2.37. The van der Waals surface area contributed by atoms with E-state index in [1.807, 2.05) is 53.1 Å². The zero-order chi connectivity index (χ0) is 22.0. The first-order valence-electron chi connectivity index (χ1n) is 10.2. The van der Waals surface area contributed by atoms with E-state index in [0.29, 0.717) is 18.3 Å². The number of hydrogen-bond donors (Lipinski definition) is 0. The van der Waals surface area contributed by atoms with E-state index in [1.54, 1.807) is 21.1 Å². The highest BCUT2D eigenvalue weighted by molar-refractivity contribution is 6.08. The van der Waals surface area contributed by atoms with E-state index in [0.717, 1.165) is 16.6 Å². The Morgan fingerprint density at radius 1 is 1.13 bits per heavy atom. The van der Waals surface area contributed by atoms with Crippen molar-refractivity contribution in [3.8, 4) is 5.75 Å². The third-order valence-corrected chi connectivity index (χ3v) is 5.44. The minimum Gasteiger partial charge on any atom is -0.497 e. The molecule has 0 aliphatic carbocycles. The van der Waals surface area contributed by atoms with Gasteiger partial charge in [0, 0.05) is 7.11 Å². The Kier molecular flexibility index (Phi) is 5.90. The van der Waals surface area contributed by atoms with Gasteiger partial charge in [0.05, 0.1) is 43.9 Å². The first-order chi connectivity index (χ1) is 15.1. The maximum absolute atomic E-state index is 13.6. The van der Waals surface area contributed by atoms with Gasteiger partial charge in [-0.15, -0.1) is 0 Å². The lowest BCUT2D eigenvalue weighted by molar-refractivity contribution is -0.153. The summed E-state index contributed by atoms with van der Waals surface area (Å²) in [6.07, 6.45) is 0. The van der Waals surface area contributed by atoms with E-state index in [-0.39, 0.29) is 19.1 Å². The average Bonchev–Trinajstić information content (AvgIpc) is 3.17. The van der Waals surface area contributed by atoms with Crippen LogP contribution in [0.5, 0.6) is 5.75 Å². The van der Waals surface area contributed by atoms with Crippen LogP contribution in [0, 0.1) is 5.92 Å². The molecule has 1 aliphatic rings. The van der Waals surface area contributed by atoms with Crippen molar-refractivity contribution in [1.29, 1.82) is 0 Å². The van der Waals surface area contributed by atoms with Crippen molar-refractivity contribution >= 4 is 28.9 Å². The Bertz CT molecular complexity index is 1110. The standard InChI is InChI=1S/C23H25N3O5/c1-4-31-22(28)19-20(15-8-7-9-16(14-15)30-3)26-18-11-6-5-10-17(18)24-23(26)25(21(19)27)12-13-29-2/h5-11,14,19-20H,4,12-13H2,1-3H3/t19-,20+/m1/s1. The van der Waals surface area contributed by atoms with Crippen molar-refractivity contribution in [2.45, 2.75) is 13.0 Å². The average molecular weight is 423 g/mol. The van der Waals surface area contributed by atoms with Crippen LogP contribution < -0.4 is 9.64 Å². The number of carbonyl (C=O) groups is 2. The number of rotatable bonds is 7. The number of ether oxygens (including phenoxy) is 3. The summed E-state index contributed by atoms with van der Waals surface area (Å²) in [5.41, 5.74) is 2.33. The van der Waals surface area contributed by atoms with Crippen LogP contribution in [0.4, 0.5) is 5.95 Å². The van der Waals surface area contributed by atoms with E-state index >= 15 is 0 Å². The number of carbonyl (C=O) groups excluding carboxylic acids is 2. The molecule has 1 aromatic heterocycles. The zero-order valence-corrected chi connectivity index (χ0v) is 17.8. The minimum atomic E-state index is -1.06. The third kappa shape index (κ3) is 3.63. The van der Waals surface area contributed by atoms with Crippen LogP contribution in [-0.4, -0.2) is 55.4 Å². The molecule has 2 atom stereocenters. The predicted molar refractivity (Wildman–Crippen MR) is 115 cm³/mol. The van der Waals surface area contributed by atoms with Crippen LogP contribution in [0.1, 0.15) is 18.5 Å². The fourth-order valence-electron chi connectivity index (χ4n) is 4.07. The van der Waals surface area contributed by atoms with Crippen LogP contribution >= 0.6 is 0 Å². The van der Waals surface area contributed by atoms with Crippen molar-refractivity contribution in [3.05, 3.63) is 54.1 Å². The van der Waals surface area contributed by atoms with Gasteiger partial charge in [-0.2, -0.15) is 0 Å². The summed E-state index contributed by atoms with van der Waals surface area (Å²) in [5.74, 6) is -0.858. The highest BCUT2D eigenvalue weighted by atomic mass is 16.5. The van der Waals surface area contributed by atoms with Gasteiger partial charge in [0.15, 0.2) is 5.92 Å². The molecule has 2 aromatic carbocycles. The topological polar surface area (TPSA) is 82.9 Å². The number of methoxy groups -OCH3 is 2. The minimum absolute atomic E-state index is 0.184. The number of esters is 1. The van der Waals surface area contributed by atoms with Gasteiger partial charge < -0.3 is 18.8 Å². The predicted octanol–water partition coefficient (Wildman–Crippen LogP) is 2.81. The van der Waals surface area contributed by atoms with Gasteiger partial charge in [-0.25, -0.2) is 4.98 Å². The molecule has 2 heterocycles. The number of benzene rings is 2. The lowest BCUT2D eigenvalue weighted by atomic mass is 9.89. The monoisotopic (exact) mass is 423 g/mol. The molecule has 0 saturated heterocycles. The highest BCUT2D eigenvalue weighted by Crippen LogP contribution is 2.41. The fourth-order valence-corrected chi connectivity index (χ4v) is 4.07.